The third kappa shape index (κ3) is 1.41. The summed E-state index contributed by atoms with van der Waals surface area (Å²) in [7, 11) is 0. The summed E-state index contributed by atoms with van der Waals surface area (Å²) in [5.41, 5.74) is 1.17. The molecule has 0 bridgehead atoms. The highest BCUT2D eigenvalue weighted by Crippen LogP contribution is 2.38. The van der Waals surface area contributed by atoms with Gasteiger partial charge in [-0.2, -0.15) is 0 Å². The maximum Gasteiger partial charge on any atom is 0.138 e. The second-order valence-electron chi connectivity index (χ2n) is 5.13. The van der Waals surface area contributed by atoms with Gasteiger partial charge in [-0.1, -0.05) is 6.42 Å². The largest absolute Gasteiger partial charge is 0.331 e. The van der Waals surface area contributed by atoms with E-state index in [0.717, 1.165) is 19.4 Å². The zero-order valence-corrected chi connectivity index (χ0v) is 9.78. The molecule has 86 valence electrons. The van der Waals surface area contributed by atoms with Crippen LogP contribution in [-0.4, -0.2) is 15.3 Å². The van der Waals surface area contributed by atoms with E-state index >= 15 is 0 Å². The van der Waals surface area contributed by atoms with Crippen LogP contribution >= 0.6 is 0 Å². The molecule has 0 saturated heterocycles. The Morgan fingerprint density at radius 1 is 1.38 bits per heavy atom. The molecule has 1 atom stereocenters. The van der Waals surface area contributed by atoms with Crippen LogP contribution in [0.2, 0.25) is 0 Å². The highest BCUT2D eigenvalue weighted by molar-refractivity contribution is 5.83. The number of Topliss-reactive ketones (excluding diaryl/α,β-unsaturated/α-hetero) is 1. The minimum atomic E-state index is 0.107. The summed E-state index contributed by atoms with van der Waals surface area (Å²) in [5.74, 6) is 2.31. The van der Waals surface area contributed by atoms with Crippen LogP contribution in [0, 0.1) is 0 Å². The van der Waals surface area contributed by atoms with E-state index in [4.69, 9.17) is 0 Å². The van der Waals surface area contributed by atoms with Gasteiger partial charge in [-0.3, -0.25) is 4.79 Å². The lowest BCUT2D eigenvalue weighted by Gasteiger charge is -2.29. The molecule has 1 aliphatic heterocycles. The Labute approximate surface area is 95.9 Å². The first kappa shape index (κ1) is 10.1. The Balaban J connectivity index is 1.97. The van der Waals surface area contributed by atoms with Gasteiger partial charge in [0.05, 0.1) is 5.92 Å². The summed E-state index contributed by atoms with van der Waals surface area (Å²) in [5, 5.41) is 0. The predicted molar refractivity (Wildman–Crippen MR) is 61.5 cm³/mol. The van der Waals surface area contributed by atoms with Crippen molar-refractivity contribution in [2.45, 2.75) is 57.4 Å². The molecule has 1 fully saturated rings. The molecule has 1 unspecified atom stereocenters. The molecule has 3 nitrogen and oxygen atoms in total. The van der Waals surface area contributed by atoms with E-state index in [0.29, 0.717) is 11.7 Å². The van der Waals surface area contributed by atoms with Crippen LogP contribution in [0.5, 0.6) is 0 Å². The first-order valence-corrected chi connectivity index (χ1v) is 6.33. The van der Waals surface area contributed by atoms with Crippen molar-refractivity contribution in [1.82, 2.24) is 9.55 Å². The van der Waals surface area contributed by atoms with Crippen LogP contribution in [-0.2, 0) is 11.3 Å². The van der Waals surface area contributed by atoms with Crippen molar-refractivity contribution in [3.05, 3.63) is 17.7 Å². The van der Waals surface area contributed by atoms with E-state index in [1.807, 2.05) is 6.20 Å². The van der Waals surface area contributed by atoms with Crippen molar-refractivity contribution >= 4 is 5.78 Å². The van der Waals surface area contributed by atoms with Gasteiger partial charge in [0.2, 0.25) is 0 Å². The number of carbonyl (C=O) groups excluding carboxylic acids is 1. The quantitative estimate of drug-likeness (QED) is 0.764. The summed E-state index contributed by atoms with van der Waals surface area (Å²) in [6.45, 7) is 2.77. The fourth-order valence-electron chi connectivity index (χ4n) is 2.93. The maximum atomic E-state index is 11.6. The van der Waals surface area contributed by atoms with Gasteiger partial charge in [0.15, 0.2) is 0 Å². The number of rotatable bonds is 2. The fraction of sp³-hybridized carbons (Fsp3) is 0.692. The highest BCUT2D eigenvalue weighted by Gasteiger charge is 2.30. The van der Waals surface area contributed by atoms with Crippen LogP contribution in [0.3, 0.4) is 0 Å². The molecule has 3 heteroatoms. The molecule has 0 N–H and O–H groups in total. The number of ketones is 1. The average molecular weight is 218 g/mol. The van der Waals surface area contributed by atoms with Crippen LogP contribution in [0.25, 0.3) is 0 Å². The third-order valence-electron chi connectivity index (χ3n) is 4.11. The smallest absolute Gasteiger partial charge is 0.138 e. The van der Waals surface area contributed by atoms with Gasteiger partial charge in [-0.05, 0) is 32.6 Å². The number of hydrogen-bond donors (Lipinski definition) is 0. The molecule has 0 spiro atoms. The van der Waals surface area contributed by atoms with Gasteiger partial charge in [-0.15, -0.1) is 0 Å². The number of aromatic nitrogens is 2. The van der Waals surface area contributed by atoms with E-state index < -0.39 is 0 Å². The molecule has 1 aliphatic carbocycles. The molecule has 2 heterocycles. The van der Waals surface area contributed by atoms with E-state index in [1.54, 1.807) is 6.92 Å². The summed E-state index contributed by atoms with van der Waals surface area (Å²) in [6, 6.07) is 0. The van der Waals surface area contributed by atoms with Crippen molar-refractivity contribution in [3.63, 3.8) is 0 Å². The monoisotopic (exact) mass is 218 g/mol. The molecular formula is C13H18N2O. The first-order chi connectivity index (χ1) is 7.77. The Morgan fingerprint density at radius 3 is 2.81 bits per heavy atom. The zero-order chi connectivity index (χ0) is 11.1. The molecular weight excluding hydrogens is 200 g/mol. The summed E-state index contributed by atoms with van der Waals surface area (Å²) < 4.78 is 2.32. The standard InChI is InChI=1S/C13H18N2O/c1-9(16)11-6-3-7-15-12(11)8-14-13(15)10-4-2-5-10/h8,10-11H,2-7H2,1H3. The molecule has 2 aliphatic rings. The number of carbonyl (C=O) groups is 1. The number of hydrogen-bond acceptors (Lipinski definition) is 2. The molecule has 3 rings (SSSR count). The first-order valence-electron chi connectivity index (χ1n) is 6.33. The van der Waals surface area contributed by atoms with Crippen LogP contribution < -0.4 is 0 Å². The van der Waals surface area contributed by atoms with E-state index in [1.165, 1.54) is 30.8 Å². The lowest BCUT2D eigenvalue weighted by Crippen LogP contribution is -2.23. The van der Waals surface area contributed by atoms with Crippen molar-refractivity contribution in [3.8, 4) is 0 Å². The maximum absolute atomic E-state index is 11.6. The summed E-state index contributed by atoms with van der Waals surface area (Å²) in [6.07, 6.45) is 7.96. The zero-order valence-electron chi connectivity index (χ0n) is 9.78. The Morgan fingerprint density at radius 2 is 2.19 bits per heavy atom. The van der Waals surface area contributed by atoms with E-state index in [2.05, 4.69) is 9.55 Å². The van der Waals surface area contributed by atoms with Crippen LogP contribution in [0.15, 0.2) is 6.20 Å². The van der Waals surface area contributed by atoms with Gasteiger partial charge in [-0.25, -0.2) is 4.98 Å². The molecule has 1 aromatic heterocycles. The minimum absolute atomic E-state index is 0.107. The van der Waals surface area contributed by atoms with E-state index in [9.17, 15) is 4.79 Å². The average Bonchev–Trinajstić information content (AvgIpc) is 2.59. The van der Waals surface area contributed by atoms with Crippen LogP contribution in [0.1, 0.15) is 62.4 Å². The Kier molecular flexibility index (Phi) is 2.34. The molecule has 16 heavy (non-hydrogen) atoms. The topological polar surface area (TPSA) is 34.9 Å². The number of imidazole rings is 1. The fourth-order valence-corrected chi connectivity index (χ4v) is 2.93. The summed E-state index contributed by atoms with van der Waals surface area (Å²) >= 11 is 0. The third-order valence-corrected chi connectivity index (χ3v) is 4.11. The molecule has 1 aromatic rings. The van der Waals surface area contributed by atoms with Gasteiger partial charge in [0, 0.05) is 24.4 Å². The highest BCUT2D eigenvalue weighted by atomic mass is 16.1. The van der Waals surface area contributed by atoms with Crippen molar-refractivity contribution in [1.29, 1.82) is 0 Å². The summed E-state index contributed by atoms with van der Waals surface area (Å²) in [4.78, 5) is 16.1. The lowest BCUT2D eigenvalue weighted by molar-refractivity contribution is -0.118. The van der Waals surface area contributed by atoms with Crippen LogP contribution in [0.4, 0.5) is 0 Å². The van der Waals surface area contributed by atoms with Gasteiger partial charge in [0.25, 0.3) is 0 Å². The molecule has 0 aromatic carbocycles. The van der Waals surface area contributed by atoms with Gasteiger partial charge >= 0.3 is 0 Å². The molecule has 0 amide bonds. The van der Waals surface area contributed by atoms with Gasteiger partial charge < -0.3 is 4.57 Å². The molecule has 0 radical (unpaired) electrons. The Hall–Kier alpha value is -1.12. The Bertz CT molecular complexity index is 418. The SMILES string of the molecule is CC(=O)C1CCCn2c1cnc2C1CCC1. The lowest BCUT2D eigenvalue weighted by atomic mass is 9.84. The number of fused-ring (bicyclic) bond motifs is 1. The van der Waals surface area contributed by atoms with Gasteiger partial charge in [0.1, 0.15) is 11.6 Å². The normalized spacial score (nSPS) is 24.9. The predicted octanol–water partition coefficient (Wildman–Crippen LogP) is 2.62. The second kappa shape index (κ2) is 3.72. The molecule has 1 saturated carbocycles. The van der Waals surface area contributed by atoms with Crippen molar-refractivity contribution < 1.29 is 4.79 Å². The van der Waals surface area contributed by atoms with Crippen molar-refractivity contribution in [2.24, 2.45) is 0 Å². The second-order valence-corrected chi connectivity index (χ2v) is 5.13. The minimum Gasteiger partial charge on any atom is -0.331 e. The number of nitrogens with zero attached hydrogens (tertiary/aromatic N) is 2. The van der Waals surface area contributed by atoms with E-state index in [-0.39, 0.29) is 5.92 Å². The van der Waals surface area contributed by atoms with Crippen molar-refractivity contribution in [2.75, 3.05) is 0 Å².